The molecule has 0 aliphatic heterocycles. The van der Waals surface area contributed by atoms with E-state index in [1.165, 1.54) is 0 Å². The number of rotatable bonds is 10. The number of nitrogens with one attached hydrogen (secondary N) is 1. The summed E-state index contributed by atoms with van der Waals surface area (Å²) < 4.78 is 26.0. The lowest BCUT2D eigenvalue weighted by atomic mass is 10.3. The van der Waals surface area contributed by atoms with E-state index in [4.69, 9.17) is 5.11 Å². The lowest BCUT2D eigenvalue weighted by molar-refractivity contribution is 0.296. The van der Waals surface area contributed by atoms with Crippen LogP contribution in [0.5, 0.6) is 0 Å². The van der Waals surface area contributed by atoms with E-state index < -0.39 is 10.0 Å². The Bertz CT molecular complexity index is 438. The fourth-order valence-corrected chi connectivity index (χ4v) is 3.34. The Labute approximate surface area is 118 Å². The molecule has 1 aromatic heterocycles. The summed E-state index contributed by atoms with van der Waals surface area (Å²) in [5.41, 5.74) is 0.783. The number of aromatic nitrogens is 1. The van der Waals surface area contributed by atoms with Gasteiger partial charge in [-0.2, -0.15) is 11.8 Å². The third-order valence-electron chi connectivity index (χ3n) is 2.37. The summed E-state index contributed by atoms with van der Waals surface area (Å²) in [7, 11) is -3.23. The van der Waals surface area contributed by atoms with Crippen LogP contribution in [0.1, 0.15) is 12.1 Å². The Hall–Kier alpha value is -0.630. The molecule has 0 radical (unpaired) electrons. The molecule has 0 fully saturated rings. The van der Waals surface area contributed by atoms with Crippen molar-refractivity contribution < 1.29 is 13.5 Å². The van der Waals surface area contributed by atoms with Gasteiger partial charge >= 0.3 is 0 Å². The number of nitrogens with zero attached hydrogens (tertiary/aromatic N) is 1. The van der Waals surface area contributed by atoms with Gasteiger partial charge < -0.3 is 5.11 Å². The molecule has 108 valence electrons. The molecule has 5 nitrogen and oxygen atoms in total. The average Bonchev–Trinajstić information content (AvgIpc) is 2.42. The van der Waals surface area contributed by atoms with Crippen LogP contribution < -0.4 is 4.72 Å². The van der Waals surface area contributed by atoms with E-state index in [9.17, 15) is 8.42 Å². The summed E-state index contributed by atoms with van der Waals surface area (Å²) in [6.07, 6.45) is 2.83. The minimum Gasteiger partial charge on any atom is -0.396 e. The zero-order valence-electron chi connectivity index (χ0n) is 10.8. The second-order valence-corrected chi connectivity index (χ2v) is 7.12. The van der Waals surface area contributed by atoms with Gasteiger partial charge in [0.25, 0.3) is 0 Å². The molecule has 0 aromatic carbocycles. The summed E-state index contributed by atoms with van der Waals surface area (Å²) in [6, 6.07) is 5.47. The maximum atomic E-state index is 11.7. The van der Waals surface area contributed by atoms with Gasteiger partial charge in [-0.05, 0) is 24.3 Å². The highest BCUT2D eigenvalue weighted by atomic mass is 32.2. The normalized spacial score (nSPS) is 11.6. The standard InChI is InChI=1S/C12H20N2O3S2/c15-8-3-9-18-10-7-14-19(16,17)11-5-12-4-1-2-6-13-12/h1-2,4,6,14-15H,3,5,7-11H2. The summed E-state index contributed by atoms with van der Waals surface area (Å²) in [5.74, 6) is 1.64. The van der Waals surface area contributed by atoms with Crippen molar-refractivity contribution in [2.75, 3.05) is 30.4 Å². The molecule has 0 atom stereocenters. The van der Waals surface area contributed by atoms with E-state index in [0.717, 1.165) is 23.6 Å². The van der Waals surface area contributed by atoms with Gasteiger partial charge in [-0.1, -0.05) is 6.07 Å². The number of hydrogen-bond donors (Lipinski definition) is 2. The minimum atomic E-state index is -3.23. The number of aliphatic hydroxyl groups is 1. The molecule has 0 spiro atoms. The lowest BCUT2D eigenvalue weighted by Gasteiger charge is -2.06. The van der Waals surface area contributed by atoms with E-state index in [1.54, 1.807) is 24.0 Å². The monoisotopic (exact) mass is 304 g/mol. The van der Waals surface area contributed by atoms with Crippen LogP contribution in [-0.4, -0.2) is 48.9 Å². The molecule has 0 bridgehead atoms. The number of aryl methyl sites for hydroxylation is 1. The molecular formula is C12H20N2O3S2. The van der Waals surface area contributed by atoms with Gasteiger partial charge in [0.15, 0.2) is 0 Å². The topological polar surface area (TPSA) is 79.3 Å². The zero-order valence-corrected chi connectivity index (χ0v) is 12.4. The fraction of sp³-hybridized carbons (Fsp3) is 0.583. The first-order chi connectivity index (χ1) is 9.14. The molecule has 2 N–H and O–H groups in total. The van der Waals surface area contributed by atoms with Gasteiger partial charge in [-0.15, -0.1) is 0 Å². The van der Waals surface area contributed by atoms with Gasteiger partial charge in [-0.25, -0.2) is 13.1 Å². The molecule has 19 heavy (non-hydrogen) atoms. The number of hydrogen-bond acceptors (Lipinski definition) is 5. The maximum absolute atomic E-state index is 11.7. The van der Waals surface area contributed by atoms with E-state index >= 15 is 0 Å². The first kappa shape index (κ1) is 16.4. The van der Waals surface area contributed by atoms with Gasteiger partial charge in [0, 0.05) is 37.2 Å². The molecule has 0 unspecified atom stereocenters. The molecule has 1 aromatic rings. The molecule has 1 heterocycles. The first-order valence-corrected chi connectivity index (χ1v) is 9.00. The van der Waals surface area contributed by atoms with Crippen LogP contribution in [0.15, 0.2) is 24.4 Å². The van der Waals surface area contributed by atoms with Crippen LogP contribution >= 0.6 is 11.8 Å². The van der Waals surface area contributed by atoms with Crippen LogP contribution in [0.2, 0.25) is 0 Å². The SMILES string of the molecule is O=S(=O)(CCc1ccccn1)NCCSCCCO. The predicted octanol–water partition coefficient (Wildman–Crippen LogP) is 0.659. The minimum absolute atomic E-state index is 0.0608. The summed E-state index contributed by atoms with van der Waals surface area (Å²) in [4.78, 5) is 4.09. The molecule has 1 rings (SSSR count). The van der Waals surface area contributed by atoms with Crippen molar-refractivity contribution in [1.29, 1.82) is 0 Å². The maximum Gasteiger partial charge on any atom is 0.212 e. The van der Waals surface area contributed by atoms with Crippen molar-refractivity contribution in [2.24, 2.45) is 0 Å². The highest BCUT2D eigenvalue weighted by molar-refractivity contribution is 7.99. The van der Waals surface area contributed by atoms with Crippen LogP contribution in [0, 0.1) is 0 Å². The Balaban J connectivity index is 2.17. The summed E-state index contributed by atoms with van der Waals surface area (Å²) in [5, 5.41) is 8.60. The van der Waals surface area contributed by atoms with Crippen molar-refractivity contribution in [3.8, 4) is 0 Å². The van der Waals surface area contributed by atoms with Gasteiger partial charge in [0.2, 0.25) is 10.0 Å². The molecule has 0 saturated carbocycles. The van der Waals surface area contributed by atoms with Gasteiger partial charge in [0.05, 0.1) is 5.75 Å². The first-order valence-electron chi connectivity index (χ1n) is 6.20. The van der Waals surface area contributed by atoms with E-state index in [1.807, 2.05) is 12.1 Å². The quantitative estimate of drug-likeness (QED) is 0.621. The number of thioether (sulfide) groups is 1. The third-order valence-corrected chi connectivity index (χ3v) is 4.82. The molecule has 7 heteroatoms. The lowest BCUT2D eigenvalue weighted by Crippen LogP contribution is -2.29. The van der Waals surface area contributed by atoms with E-state index in [0.29, 0.717) is 13.0 Å². The van der Waals surface area contributed by atoms with Crippen molar-refractivity contribution in [1.82, 2.24) is 9.71 Å². The third kappa shape index (κ3) is 8.20. The Morgan fingerprint density at radius 1 is 1.32 bits per heavy atom. The highest BCUT2D eigenvalue weighted by Crippen LogP contribution is 2.01. The molecule has 0 aliphatic rings. The molecule has 0 saturated heterocycles. The Morgan fingerprint density at radius 2 is 2.16 bits per heavy atom. The predicted molar refractivity (Wildman–Crippen MR) is 78.8 cm³/mol. The Kier molecular flexibility index (Phi) is 8.04. The largest absolute Gasteiger partial charge is 0.396 e. The van der Waals surface area contributed by atoms with Crippen molar-refractivity contribution in [2.45, 2.75) is 12.8 Å². The van der Waals surface area contributed by atoms with Crippen LogP contribution in [0.4, 0.5) is 0 Å². The average molecular weight is 304 g/mol. The van der Waals surface area contributed by atoms with Crippen molar-refractivity contribution >= 4 is 21.8 Å². The fourth-order valence-electron chi connectivity index (χ4n) is 1.40. The zero-order chi connectivity index (χ0) is 14.0. The second-order valence-electron chi connectivity index (χ2n) is 3.97. The van der Waals surface area contributed by atoms with Crippen molar-refractivity contribution in [3.63, 3.8) is 0 Å². The highest BCUT2D eigenvalue weighted by Gasteiger charge is 2.09. The summed E-state index contributed by atoms with van der Waals surface area (Å²) in [6.45, 7) is 0.615. The van der Waals surface area contributed by atoms with Gasteiger partial charge in [0.1, 0.15) is 0 Å². The summed E-state index contributed by atoms with van der Waals surface area (Å²) >= 11 is 1.63. The van der Waals surface area contributed by atoms with Crippen LogP contribution in [0.25, 0.3) is 0 Å². The van der Waals surface area contributed by atoms with E-state index in [-0.39, 0.29) is 12.4 Å². The molecule has 0 amide bonds. The number of pyridine rings is 1. The van der Waals surface area contributed by atoms with Crippen molar-refractivity contribution in [3.05, 3.63) is 30.1 Å². The Morgan fingerprint density at radius 3 is 2.84 bits per heavy atom. The smallest absolute Gasteiger partial charge is 0.212 e. The second kappa shape index (κ2) is 9.30. The van der Waals surface area contributed by atoms with E-state index in [2.05, 4.69) is 9.71 Å². The number of aliphatic hydroxyl groups excluding tert-OH is 1. The van der Waals surface area contributed by atoms with Crippen LogP contribution in [-0.2, 0) is 16.4 Å². The van der Waals surface area contributed by atoms with Crippen LogP contribution in [0.3, 0.4) is 0 Å². The number of sulfonamides is 1. The molecule has 0 aliphatic carbocycles. The van der Waals surface area contributed by atoms with Gasteiger partial charge in [-0.3, -0.25) is 4.98 Å². The molecular weight excluding hydrogens is 284 g/mol.